The molecule has 0 spiro atoms. The number of aromatic nitrogens is 1. The summed E-state index contributed by atoms with van der Waals surface area (Å²) in [5, 5.41) is -0.311. The van der Waals surface area contributed by atoms with Gasteiger partial charge in [0, 0.05) is 0 Å². The number of halogens is 2. The molecule has 1 aliphatic rings. The molecule has 2 aromatic rings. The van der Waals surface area contributed by atoms with Crippen LogP contribution in [0.3, 0.4) is 0 Å². The molecule has 0 aliphatic carbocycles. The molecule has 0 saturated heterocycles. The SMILES string of the molecule is O=c1[nH]c(F)c(Cl)c2c1Oc1ccccc1O2. The van der Waals surface area contributed by atoms with E-state index < -0.39 is 11.5 Å². The monoisotopic (exact) mass is 253 g/mol. The maximum atomic E-state index is 13.2. The Morgan fingerprint density at radius 3 is 2.35 bits per heavy atom. The van der Waals surface area contributed by atoms with Crippen LogP contribution in [0.2, 0.25) is 5.02 Å². The molecule has 0 saturated carbocycles. The molecule has 1 aromatic carbocycles. The van der Waals surface area contributed by atoms with Crippen LogP contribution in [-0.4, -0.2) is 4.98 Å². The fourth-order valence-electron chi connectivity index (χ4n) is 1.54. The number of pyridine rings is 1. The molecular formula is C11H5ClFNO3. The van der Waals surface area contributed by atoms with Crippen LogP contribution >= 0.6 is 11.6 Å². The predicted octanol–water partition coefficient (Wildman–Crippen LogP) is 3.07. The van der Waals surface area contributed by atoms with Crippen LogP contribution in [0.15, 0.2) is 29.1 Å². The lowest BCUT2D eigenvalue weighted by Crippen LogP contribution is -2.15. The van der Waals surface area contributed by atoms with Crippen molar-refractivity contribution >= 4 is 11.6 Å². The smallest absolute Gasteiger partial charge is 0.297 e. The first-order chi connectivity index (χ1) is 8.16. The zero-order valence-electron chi connectivity index (χ0n) is 8.29. The Labute approximate surface area is 99.6 Å². The largest absolute Gasteiger partial charge is 0.448 e. The third-order valence-electron chi connectivity index (χ3n) is 2.30. The van der Waals surface area contributed by atoms with E-state index >= 15 is 0 Å². The van der Waals surface area contributed by atoms with Crippen molar-refractivity contribution < 1.29 is 13.9 Å². The molecule has 2 heterocycles. The molecular weight excluding hydrogens is 249 g/mol. The molecule has 1 aromatic heterocycles. The van der Waals surface area contributed by atoms with E-state index in [1.54, 1.807) is 24.3 Å². The molecule has 1 N–H and O–H groups in total. The quantitative estimate of drug-likeness (QED) is 0.627. The van der Waals surface area contributed by atoms with E-state index in [1.807, 2.05) is 4.98 Å². The Bertz CT molecular complexity index is 668. The molecule has 0 amide bonds. The first-order valence-electron chi connectivity index (χ1n) is 4.73. The summed E-state index contributed by atoms with van der Waals surface area (Å²) >= 11 is 5.70. The Balaban J connectivity index is 2.25. The van der Waals surface area contributed by atoms with Gasteiger partial charge in [-0.2, -0.15) is 4.39 Å². The first kappa shape index (κ1) is 10.2. The second-order valence-corrected chi connectivity index (χ2v) is 3.77. The Morgan fingerprint density at radius 1 is 1.12 bits per heavy atom. The van der Waals surface area contributed by atoms with Crippen molar-refractivity contribution in [2.24, 2.45) is 0 Å². The lowest BCUT2D eigenvalue weighted by molar-refractivity contribution is 0.350. The van der Waals surface area contributed by atoms with E-state index in [9.17, 15) is 9.18 Å². The minimum atomic E-state index is -0.946. The van der Waals surface area contributed by atoms with E-state index in [2.05, 4.69) is 0 Å². The lowest BCUT2D eigenvalue weighted by Gasteiger charge is -2.20. The highest BCUT2D eigenvalue weighted by atomic mass is 35.5. The number of hydrogen-bond donors (Lipinski definition) is 1. The molecule has 3 rings (SSSR count). The highest BCUT2D eigenvalue weighted by Crippen LogP contribution is 2.46. The van der Waals surface area contributed by atoms with Gasteiger partial charge in [0.25, 0.3) is 5.56 Å². The zero-order chi connectivity index (χ0) is 12.0. The molecule has 4 nitrogen and oxygen atoms in total. The fraction of sp³-hybridized carbons (Fsp3) is 0. The number of rotatable bonds is 0. The van der Waals surface area contributed by atoms with Crippen LogP contribution in [0.1, 0.15) is 0 Å². The minimum absolute atomic E-state index is 0.105. The summed E-state index contributed by atoms with van der Waals surface area (Å²) in [6.45, 7) is 0. The van der Waals surface area contributed by atoms with Gasteiger partial charge in [0.05, 0.1) is 0 Å². The van der Waals surface area contributed by atoms with Gasteiger partial charge in [-0.3, -0.25) is 9.78 Å². The third-order valence-corrected chi connectivity index (χ3v) is 2.64. The maximum Gasteiger partial charge on any atom is 0.297 e. The Kier molecular flexibility index (Phi) is 2.09. The highest BCUT2D eigenvalue weighted by Gasteiger charge is 2.26. The molecule has 0 bridgehead atoms. The second kappa shape index (κ2) is 3.49. The lowest BCUT2D eigenvalue weighted by atomic mass is 10.3. The van der Waals surface area contributed by atoms with Crippen LogP contribution in [0.5, 0.6) is 23.0 Å². The molecule has 86 valence electrons. The van der Waals surface area contributed by atoms with Gasteiger partial charge in [-0.15, -0.1) is 0 Å². The van der Waals surface area contributed by atoms with Crippen LogP contribution < -0.4 is 15.0 Å². The van der Waals surface area contributed by atoms with E-state index in [0.29, 0.717) is 11.5 Å². The molecule has 0 radical (unpaired) electrons. The van der Waals surface area contributed by atoms with Crippen molar-refractivity contribution in [2.75, 3.05) is 0 Å². The van der Waals surface area contributed by atoms with Gasteiger partial charge in [-0.25, -0.2) is 0 Å². The number of H-pyrrole nitrogens is 1. The number of para-hydroxylation sites is 2. The average molecular weight is 254 g/mol. The number of nitrogens with one attached hydrogen (secondary N) is 1. The second-order valence-electron chi connectivity index (χ2n) is 3.39. The highest BCUT2D eigenvalue weighted by molar-refractivity contribution is 6.32. The summed E-state index contributed by atoms with van der Waals surface area (Å²) in [6.07, 6.45) is 0. The van der Waals surface area contributed by atoms with Gasteiger partial charge >= 0.3 is 0 Å². The van der Waals surface area contributed by atoms with Crippen molar-refractivity contribution in [1.29, 1.82) is 0 Å². The number of aromatic amines is 1. The molecule has 0 atom stereocenters. The van der Waals surface area contributed by atoms with Crippen LogP contribution in [0.4, 0.5) is 4.39 Å². The maximum absolute atomic E-state index is 13.2. The number of fused-ring (bicyclic) bond motifs is 2. The fourth-order valence-corrected chi connectivity index (χ4v) is 1.71. The average Bonchev–Trinajstić information content (AvgIpc) is 2.34. The summed E-state index contributed by atoms with van der Waals surface area (Å²) in [7, 11) is 0. The molecule has 0 unspecified atom stereocenters. The van der Waals surface area contributed by atoms with Crippen molar-refractivity contribution in [3.8, 4) is 23.0 Å². The summed E-state index contributed by atoms with van der Waals surface area (Å²) in [4.78, 5) is 13.4. The molecule has 0 fully saturated rings. The van der Waals surface area contributed by atoms with Gasteiger partial charge < -0.3 is 9.47 Å². The molecule has 17 heavy (non-hydrogen) atoms. The zero-order valence-corrected chi connectivity index (χ0v) is 9.05. The topological polar surface area (TPSA) is 51.3 Å². The number of ether oxygens (including phenoxy) is 2. The molecule has 1 aliphatic heterocycles. The van der Waals surface area contributed by atoms with Crippen LogP contribution in [-0.2, 0) is 0 Å². The van der Waals surface area contributed by atoms with E-state index in [0.717, 1.165) is 0 Å². The summed E-state index contributed by atoms with van der Waals surface area (Å²) in [6, 6.07) is 6.72. The van der Waals surface area contributed by atoms with Gasteiger partial charge in [-0.05, 0) is 12.1 Å². The van der Waals surface area contributed by atoms with Crippen molar-refractivity contribution in [1.82, 2.24) is 4.98 Å². The van der Waals surface area contributed by atoms with Gasteiger partial charge in [0.1, 0.15) is 5.02 Å². The van der Waals surface area contributed by atoms with Gasteiger partial charge in [0.2, 0.25) is 11.7 Å². The Morgan fingerprint density at radius 2 is 1.71 bits per heavy atom. The normalized spacial score (nSPS) is 12.1. The molecule has 6 heteroatoms. The van der Waals surface area contributed by atoms with Gasteiger partial charge in [-0.1, -0.05) is 23.7 Å². The van der Waals surface area contributed by atoms with Crippen LogP contribution in [0.25, 0.3) is 0 Å². The van der Waals surface area contributed by atoms with Crippen LogP contribution in [0, 0.1) is 5.95 Å². The predicted molar refractivity (Wildman–Crippen MR) is 58.6 cm³/mol. The number of benzene rings is 1. The van der Waals surface area contributed by atoms with Crippen molar-refractivity contribution in [3.05, 3.63) is 45.6 Å². The standard InChI is InChI=1S/C11H5ClFNO3/c12-7-8-9(11(15)14-10(7)13)17-6-4-2-1-3-5(6)16-8/h1-4H,(H,14,15). The summed E-state index contributed by atoms with van der Waals surface area (Å²) in [5.41, 5.74) is -0.726. The van der Waals surface area contributed by atoms with Crippen molar-refractivity contribution in [3.63, 3.8) is 0 Å². The summed E-state index contributed by atoms with van der Waals surface area (Å²) < 4.78 is 23.9. The van der Waals surface area contributed by atoms with E-state index in [1.165, 1.54) is 0 Å². The first-order valence-corrected chi connectivity index (χ1v) is 5.10. The van der Waals surface area contributed by atoms with E-state index in [4.69, 9.17) is 21.1 Å². The van der Waals surface area contributed by atoms with E-state index in [-0.39, 0.29) is 16.5 Å². The Hall–Kier alpha value is -2.01. The van der Waals surface area contributed by atoms with Crippen molar-refractivity contribution in [2.45, 2.75) is 0 Å². The third kappa shape index (κ3) is 1.47. The van der Waals surface area contributed by atoms with Gasteiger partial charge in [0.15, 0.2) is 17.2 Å². The minimum Gasteiger partial charge on any atom is -0.448 e. The summed E-state index contributed by atoms with van der Waals surface area (Å²) in [5.74, 6) is -0.430. The number of hydrogen-bond acceptors (Lipinski definition) is 3.